The first-order chi connectivity index (χ1) is 20.0. The summed E-state index contributed by atoms with van der Waals surface area (Å²) in [5.74, 6) is -0.189. The van der Waals surface area contributed by atoms with Crippen LogP contribution in [0.2, 0.25) is 0 Å². The summed E-state index contributed by atoms with van der Waals surface area (Å²) in [5, 5.41) is 15.1. The van der Waals surface area contributed by atoms with E-state index in [-0.39, 0.29) is 42.0 Å². The Labute approximate surface area is 238 Å². The number of imidazole rings is 1. The van der Waals surface area contributed by atoms with Crippen molar-refractivity contribution in [1.82, 2.24) is 24.8 Å². The number of aromatic nitrogens is 4. The Morgan fingerprint density at radius 1 is 1.07 bits per heavy atom. The molecule has 2 saturated carbocycles. The molecule has 7 atom stereocenters. The minimum Gasteiger partial charge on any atom is -0.481 e. The number of fused-ring (bicyclic) bond motifs is 2. The standard InChI is InChI=1S/C30H36N6O5/c1-2-31-30(39)35-27-24-28(33-16-32-27)36(17-34-24)22-15-20(13-12-19-9-6-10-21(19)29(37)38)25-26(22)41-23(40-25)14-11-18-7-4-3-5-8-18/h3-5,7-8,11,14,16-17,19-23,25-26H,2,6,9-10,12-13,15H2,1H3,(H,37,38)(H2,31,32,33,35,39)/t19?,20?,21?,22?,23-,25?,26?/m0/s1. The van der Waals surface area contributed by atoms with Gasteiger partial charge in [-0.3, -0.25) is 10.1 Å². The van der Waals surface area contributed by atoms with Gasteiger partial charge in [0.2, 0.25) is 0 Å². The minimum atomic E-state index is -0.678. The number of rotatable bonds is 9. The second-order valence-electron chi connectivity index (χ2n) is 11.1. The number of anilines is 1. The summed E-state index contributed by atoms with van der Waals surface area (Å²) in [6.07, 6.45) is 11.5. The summed E-state index contributed by atoms with van der Waals surface area (Å²) in [5.41, 5.74) is 2.19. The van der Waals surface area contributed by atoms with Crippen molar-refractivity contribution < 1.29 is 24.2 Å². The fourth-order valence-electron chi connectivity index (χ4n) is 6.80. The zero-order valence-electron chi connectivity index (χ0n) is 23.1. The first kappa shape index (κ1) is 27.3. The molecule has 2 aliphatic carbocycles. The van der Waals surface area contributed by atoms with Crippen molar-refractivity contribution in [3.8, 4) is 0 Å². The number of carbonyl (C=O) groups excluding carboxylic acids is 1. The summed E-state index contributed by atoms with van der Waals surface area (Å²) in [6, 6.07) is 9.58. The topological polar surface area (TPSA) is 140 Å². The highest BCUT2D eigenvalue weighted by Gasteiger charge is 2.52. The molecule has 1 aliphatic heterocycles. The highest BCUT2D eigenvalue weighted by molar-refractivity contribution is 5.95. The Bertz CT molecular complexity index is 1410. The van der Waals surface area contributed by atoms with Gasteiger partial charge in [0.25, 0.3) is 0 Å². The zero-order valence-corrected chi connectivity index (χ0v) is 23.1. The number of urea groups is 1. The third kappa shape index (κ3) is 5.69. The van der Waals surface area contributed by atoms with E-state index in [1.54, 1.807) is 6.33 Å². The fraction of sp³-hybridized carbons (Fsp3) is 0.500. The van der Waals surface area contributed by atoms with E-state index in [2.05, 4.69) is 25.6 Å². The second-order valence-corrected chi connectivity index (χ2v) is 11.1. The van der Waals surface area contributed by atoms with E-state index in [9.17, 15) is 14.7 Å². The number of benzene rings is 1. The minimum absolute atomic E-state index is 0.0869. The van der Waals surface area contributed by atoms with Crippen molar-refractivity contribution >= 4 is 35.1 Å². The molecular formula is C30H36N6O5. The van der Waals surface area contributed by atoms with Gasteiger partial charge in [-0.05, 0) is 62.5 Å². The van der Waals surface area contributed by atoms with Gasteiger partial charge in [-0.15, -0.1) is 0 Å². The van der Waals surface area contributed by atoms with Crippen LogP contribution < -0.4 is 10.6 Å². The number of aliphatic carboxylic acids is 1. The molecule has 0 bridgehead atoms. The van der Waals surface area contributed by atoms with Crippen LogP contribution in [0.15, 0.2) is 49.1 Å². The molecule has 1 aromatic carbocycles. The summed E-state index contributed by atoms with van der Waals surface area (Å²) in [7, 11) is 0. The molecule has 6 unspecified atom stereocenters. The number of carboxylic acid groups (broad SMARTS) is 1. The van der Waals surface area contributed by atoms with E-state index in [0.717, 1.165) is 44.1 Å². The van der Waals surface area contributed by atoms with Crippen LogP contribution in [0.1, 0.15) is 57.1 Å². The molecule has 0 radical (unpaired) electrons. The molecule has 2 aromatic heterocycles. The van der Waals surface area contributed by atoms with Crippen LogP contribution in [0.3, 0.4) is 0 Å². The predicted molar refractivity (Wildman–Crippen MR) is 152 cm³/mol. The van der Waals surface area contributed by atoms with Gasteiger partial charge in [0, 0.05) is 6.54 Å². The van der Waals surface area contributed by atoms with Crippen molar-refractivity contribution in [3.05, 3.63) is 54.6 Å². The van der Waals surface area contributed by atoms with Crippen molar-refractivity contribution in [3.63, 3.8) is 0 Å². The van der Waals surface area contributed by atoms with E-state index in [1.165, 1.54) is 6.33 Å². The van der Waals surface area contributed by atoms with Gasteiger partial charge >= 0.3 is 12.0 Å². The highest BCUT2D eigenvalue weighted by atomic mass is 16.7. The van der Waals surface area contributed by atoms with Crippen LogP contribution in [-0.2, 0) is 14.3 Å². The van der Waals surface area contributed by atoms with Crippen molar-refractivity contribution in [2.75, 3.05) is 11.9 Å². The molecule has 1 saturated heterocycles. The van der Waals surface area contributed by atoms with E-state index in [0.29, 0.717) is 23.5 Å². The number of amides is 2. The maximum absolute atomic E-state index is 12.2. The largest absolute Gasteiger partial charge is 0.481 e. The lowest BCUT2D eigenvalue weighted by Crippen LogP contribution is -2.28. The molecule has 0 spiro atoms. The molecule has 41 heavy (non-hydrogen) atoms. The summed E-state index contributed by atoms with van der Waals surface area (Å²) in [4.78, 5) is 37.3. The Kier molecular flexibility index (Phi) is 7.97. The molecule has 6 rings (SSSR count). The number of nitrogens with zero attached hydrogens (tertiary/aromatic N) is 4. The monoisotopic (exact) mass is 560 g/mol. The van der Waals surface area contributed by atoms with Gasteiger partial charge in [0.05, 0.1) is 24.4 Å². The fourth-order valence-corrected chi connectivity index (χ4v) is 6.80. The van der Waals surface area contributed by atoms with Crippen LogP contribution in [0.5, 0.6) is 0 Å². The Morgan fingerprint density at radius 2 is 1.88 bits per heavy atom. The van der Waals surface area contributed by atoms with E-state index < -0.39 is 12.3 Å². The van der Waals surface area contributed by atoms with Crippen molar-refractivity contribution in [2.24, 2.45) is 17.8 Å². The maximum Gasteiger partial charge on any atom is 0.320 e. The number of hydrogen-bond donors (Lipinski definition) is 3. The molecule has 11 heteroatoms. The molecule has 3 aliphatic rings. The smallest absolute Gasteiger partial charge is 0.320 e. The first-order valence-electron chi connectivity index (χ1n) is 14.5. The Balaban J connectivity index is 1.25. The lowest BCUT2D eigenvalue weighted by atomic mass is 9.87. The Morgan fingerprint density at radius 3 is 2.68 bits per heavy atom. The number of carboxylic acids is 1. The number of carbonyl (C=O) groups is 2. The first-order valence-corrected chi connectivity index (χ1v) is 14.5. The van der Waals surface area contributed by atoms with Crippen LogP contribution in [0.4, 0.5) is 10.6 Å². The van der Waals surface area contributed by atoms with Crippen LogP contribution in [0, 0.1) is 17.8 Å². The molecule has 3 N–H and O–H groups in total. The van der Waals surface area contributed by atoms with Crippen molar-refractivity contribution in [2.45, 2.75) is 70.0 Å². The van der Waals surface area contributed by atoms with Gasteiger partial charge in [-0.1, -0.05) is 42.8 Å². The van der Waals surface area contributed by atoms with Gasteiger partial charge in [-0.2, -0.15) is 0 Å². The van der Waals surface area contributed by atoms with Crippen LogP contribution in [-0.4, -0.2) is 61.7 Å². The molecule has 216 valence electrons. The SMILES string of the molecule is CCNC(=O)Nc1ncnc2c1ncn2C1CC(CCC2CCCC2C(=O)O)C2O[C@H](C=Cc3ccccc3)OC21. The molecular weight excluding hydrogens is 524 g/mol. The van der Waals surface area contributed by atoms with Gasteiger partial charge in [0.15, 0.2) is 23.3 Å². The predicted octanol–water partition coefficient (Wildman–Crippen LogP) is 4.63. The molecule has 11 nitrogen and oxygen atoms in total. The number of hydrogen-bond acceptors (Lipinski definition) is 7. The molecule has 3 aromatic rings. The lowest BCUT2D eigenvalue weighted by molar-refractivity contribution is -0.143. The van der Waals surface area contributed by atoms with Crippen LogP contribution >= 0.6 is 0 Å². The summed E-state index contributed by atoms with van der Waals surface area (Å²) in [6.45, 7) is 2.34. The summed E-state index contributed by atoms with van der Waals surface area (Å²) < 4.78 is 15.0. The number of nitrogens with one attached hydrogen (secondary N) is 2. The maximum atomic E-state index is 12.2. The van der Waals surface area contributed by atoms with E-state index in [4.69, 9.17) is 9.47 Å². The van der Waals surface area contributed by atoms with E-state index in [1.807, 2.05) is 54.0 Å². The third-order valence-electron chi connectivity index (χ3n) is 8.71. The Hall–Kier alpha value is -3.83. The molecule has 3 heterocycles. The average Bonchev–Trinajstić information content (AvgIpc) is 3.75. The quantitative estimate of drug-likeness (QED) is 0.344. The van der Waals surface area contributed by atoms with Gasteiger partial charge < -0.3 is 24.5 Å². The third-order valence-corrected chi connectivity index (χ3v) is 8.71. The van der Waals surface area contributed by atoms with Gasteiger partial charge in [0.1, 0.15) is 12.4 Å². The van der Waals surface area contributed by atoms with Crippen LogP contribution in [0.25, 0.3) is 17.2 Å². The number of ether oxygens (including phenoxy) is 2. The normalized spacial score (nSPS) is 29.2. The second kappa shape index (κ2) is 12.0. The molecule has 3 fully saturated rings. The van der Waals surface area contributed by atoms with Gasteiger partial charge in [-0.25, -0.2) is 19.7 Å². The molecule has 2 amide bonds. The summed E-state index contributed by atoms with van der Waals surface area (Å²) >= 11 is 0. The highest BCUT2D eigenvalue weighted by Crippen LogP contribution is 2.48. The average molecular weight is 561 g/mol. The van der Waals surface area contributed by atoms with Crippen molar-refractivity contribution in [1.29, 1.82) is 0 Å². The van der Waals surface area contributed by atoms with E-state index >= 15 is 0 Å². The lowest BCUT2D eigenvalue weighted by Gasteiger charge is -2.21. The zero-order chi connectivity index (χ0) is 28.3.